The molecule has 0 bridgehead atoms. The van der Waals surface area contributed by atoms with E-state index in [1.54, 1.807) is 6.07 Å². The van der Waals surface area contributed by atoms with Gasteiger partial charge in [0, 0.05) is 4.47 Å². The second-order valence-electron chi connectivity index (χ2n) is 2.40. The van der Waals surface area contributed by atoms with Crippen molar-refractivity contribution in [1.29, 1.82) is 0 Å². The lowest BCUT2D eigenvalue weighted by molar-refractivity contribution is 0.627. The third kappa shape index (κ3) is 1.90. The quantitative estimate of drug-likeness (QED) is 0.671. The lowest BCUT2D eigenvalue weighted by Gasteiger charge is -2.01. The van der Waals surface area contributed by atoms with Gasteiger partial charge in [-0.15, -0.1) is 0 Å². The van der Waals surface area contributed by atoms with Crippen molar-refractivity contribution in [3.8, 4) is 0 Å². The minimum atomic E-state index is -0.230. The van der Waals surface area contributed by atoms with Gasteiger partial charge in [0.15, 0.2) is 0 Å². The molecule has 0 amide bonds. The van der Waals surface area contributed by atoms with Gasteiger partial charge in [0.1, 0.15) is 5.82 Å². The Morgan fingerprint density at radius 3 is 2.64 bits per heavy atom. The zero-order chi connectivity index (χ0) is 8.43. The maximum absolute atomic E-state index is 12.6. The van der Waals surface area contributed by atoms with Crippen LogP contribution in [0.5, 0.6) is 0 Å². The summed E-state index contributed by atoms with van der Waals surface area (Å²) in [4.78, 5) is 0. The van der Waals surface area contributed by atoms with Crippen LogP contribution in [-0.4, -0.2) is 0 Å². The van der Waals surface area contributed by atoms with E-state index >= 15 is 0 Å². The summed E-state index contributed by atoms with van der Waals surface area (Å²) in [6.07, 6.45) is 0. The van der Waals surface area contributed by atoms with Crippen molar-refractivity contribution in [2.24, 2.45) is 0 Å². The predicted molar refractivity (Wildman–Crippen MR) is 48.8 cm³/mol. The molecule has 0 heterocycles. The first-order valence-corrected chi connectivity index (χ1v) is 4.01. The number of halogens is 2. The molecule has 11 heavy (non-hydrogen) atoms. The van der Waals surface area contributed by atoms with Crippen LogP contribution in [0.15, 0.2) is 29.3 Å². The number of rotatable bonds is 1. The zero-order valence-corrected chi connectivity index (χ0v) is 7.78. The lowest BCUT2D eigenvalue weighted by atomic mass is 10.1. The summed E-state index contributed by atoms with van der Waals surface area (Å²) >= 11 is 3.30. The molecule has 1 aromatic carbocycles. The Labute approximate surface area is 73.9 Å². The Bertz CT molecular complexity index is 292. The summed E-state index contributed by atoms with van der Waals surface area (Å²) in [7, 11) is 0. The van der Waals surface area contributed by atoms with Crippen LogP contribution in [-0.2, 0) is 0 Å². The second-order valence-corrected chi connectivity index (χ2v) is 3.26. The van der Waals surface area contributed by atoms with Gasteiger partial charge in [-0.1, -0.05) is 22.5 Å². The van der Waals surface area contributed by atoms with Gasteiger partial charge >= 0.3 is 0 Å². The van der Waals surface area contributed by atoms with Gasteiger partial charge < -0.3 is 0 Å². The molecule has 0 N–H and O–H groups in total. The van der Waals surface area contributed by atoms with Crippen molar-refractivity contribution < 1.29 is 4.39 Å². The summed E-state index contributed by atoms with van der Waals surface area (Å²) in [6.45, 7) is 5.58. The molecule has 0 unspecified atom stereocenters. The average molecular weight is 215 g/mol. The molecule has 0 aliphatic carbocycles. The first kappa shape index (κ1) is 8.47. The summed E-state index contributed by atoms with van der Waals surface area (Å²) in [5.41, 5.74) is 1.68. The Balaban J connectivity index is 3.23. The van der Waals surface area contributed by atoms with Gasteiger partial charge in [-0.25, -0.2) is 4.39 Å². The van der Waals surface area contributed by atoms with Crippen LogP contribution < -0.4 is 0 Å². The maximum atomic E-state index is 12.6. The Kier molecular flexibility index (Phi) is 2.45. The van der Waals surface area contributed by atoms with Gasteiger partial charge in [-0.2, -0.15) is 0 Å². The van der Waals surface area contributed by atoms with Crippen molar-refractivity contribution in [2.45, 2.75) is 6.92 Å². The van der Waals surface area contributed by atoms with Crippen LogP contribution in [0.1, 0.15) is 12.5 Å². The second kappa shape index (κ2) is 3.18. The topological polar surface area (TPSA) is 0 Å². The van der Waals surface area contributed by atoms with Crippen molar-refractivity contribution in [3.63, 3.8) is 0 Å². The van der Waals surface area contributed by atoms with E-state index in [1.807, 2.05) is 6.92 Å². The minimum Gasteiger partial charge on any atom is -0.207 e. The van der Waals surface area contributed by atoms with Crippen molar-refractivity contribution in [1.82, 2.24) is 0 Å². The van der Waals surface area contributed by atoms with E-state index in [1.165, 1.54) is 12.1 Å². The van der Waals surface area contributed by atoms with E-state index in [9.17, 15) is 4.39 Å². The molecule has 0 spiro atoms. The fourth-order valence-electron chi connectivity index (χ4n) is 0.825. The molecule has 0 saturated carbocycles. The summed E-state index contributed by atoms with van der Waals surface area (Å²) < 4.78 is 13.5. The van der Waals surface area contributed by atoms with Crippen molar-refractivity contribution in [3.05, 3.63) is 40.6 Å². The van der Waals surface area contributed by atoms with E-state index in [2.05, 4.69) is 22.5 Å². The highest BCUT2D eigenvalue weighted by Gasteiger charge is 2.00. The number of hydrogen-bond acceptors (Lipinski definition) is 0. The number of allylic oxidation sites excluding steroid dienone is 1. The highest BCUT2D eigenvalue weighted by molar-refractivity contribution is 9.10. The SMILES string of the molecule is C=C(C)c1cc(F)ccc1Br. The molecule has 0 nitrogen and oxygen atoms in total. The molecular weight excluding hydrogens is 207 g/mol. The first-order valence-electron chi connectivity index (χ1n) is 3.22. The summed E-state index contributed by atoms with van der Waals surface area (Å²) in [6, 6.07) is 4.56. The number of benzene rings is 1. The molecule has 2 heteroatoms. The van der Waals surface area contributed by atoms with E-state index < -0.39 is 0 Å². The standard InChI is InChI=1S/C9H8BrF/c1-6(2)8-5-7(11)3-4-9(8)10/h3-5H,1H2,2H3. The van der Waals surface area contributed by atoms with Gasteiger partial charge in [0.2, 0.25) is 0 Å². The average Bonchev–Trinajstić information content (AvgIpc) is 1.94. The largest absolute Gasteiger partial charge is 0.207 e. The molecule has 0 radical (unpaired) electrons. The van der Waals surface area contributed by atoms with E-state index in [0.29, 0.717) is 0 Å². The lowest BCUT2D eigenvalue weighted by Crippen LogP contribution is -1.82. The molecule has 0 fully saturated rings. The molecule has 1 aromatic rings. The highest BCUT2D eigenvalue weighted by atomic mass is 79.9. The molecule has 58 valence electrons. The van der Waals surface area contributed by atoms with E-state index in [-0.39, 0.29) is 5.82 Å². The van der Waals surface area contributed by atoms with Crippen molar-refractivity contribution in [2.75, 3.05) is 0 Å². The smallest absolute Gasteiger partial charge is 0.123 e. The van der Waals surface area contributed by atoms with Gasteiger partial charge in [0.25, 0.3) is 0 Å². The van der Waals surface area contributed by atoms with Gasteiger partial charge in [-0.3, -0.25) is 0 Å². The molecular formula is C9H8BrF. The van der Waals surface area contributed by atoms with Crippen LogP contribution in [0, 0.1) is 5.82 Å². The van der Waals surface area contributed by atoms with Crippen LogP contribution in [0.25, 0.3) is 5.57 Å². The van der Waals surface area contributed by atoms with Crippen LogP contribution in [0.2, 0.25) is 0 Å². The molecule has 0 saturated heterocycles. The normalized spacial score (nSPS) is 9.73. The monoisotopic (exact) mass is 214 g/mol. The van der Waals surface area contributed by atoms with Gasteiger partial charge in [-0.05, 0) is 36.3 Å². The van der Waals surface area contributed by atoms with E-state index in [4.69, 9.17) is 0 Å². The fraction of sp³-hybridized carbons (Fsp3) is 0.111. The fourth-order valence-corrected chi connectivity index (χ4v) is 1.41. The predicted octanol–water partition coefficient (Wildman–Crippen LogP) is 3.62. The molecule has 0 aliphatic rings. The van der Waals surface area contributed by atoms with Gasteiger partial charge in [0.05, 0.1) is 0 Å². The molecule has 0 aliphatic heterocycles. The van der Waals surface area contributed by atoms with Crippen LogP contribution >= 0.6 is 15.9 Å². The zero-order valence-electron chi connectivity index (χ0n) is 6.20. The molecule has 0 atom stereocenters. The van der Waals surface area contributed by atoms with Crippen LogP contribution in [0.4, 0.5) is 4.39 Å². The summed E-state index contributed by atoms with van der Waals surface area (Å²) in [5.74, 6) is -0.230. The molecule has 1 rings (SSSR count). The Hall–Kier alpha value is -0.630. The minimum absolute atomic E-state index is 0.230. The van der Waals surface area contributed by atoms with Crippen molar-refractivity contribution >= 4 is 21.5 Å². The van der Waals surface area contributed by atoms with Crippen LogP contribution in [0.3, 0.4) is 0 Å². The van der Waals surface area contributed by atoms with E-state index in [0.717, 1.165) is 15.6 Å². The highest BCUT2D eigenvalue weighted by Crippen LogP contribution is 2.23. The molecule has 0 aromatic heterocycles. The summed E-state index contributed by atoms with van der Waals surface area (Å²) in [5, 5.41) is 0. The first-order chi connectivity index (χ1) is 5.11. The third-order valence-electron chi connectivity index (χ3n) is 1.39. The number of hydrogen-bond donors (Lipinski definition) is 0. The maximum Gasteiger partial charge on any atom is 0.123 e. The Morgan fingerprint density at radius 1 is 1.55 bits per heavy atom. The third-order valence-corrected chi connectivity index (χ3v) is 2.08. The Morgan fingerprint density at radius 2 is 2.18 bits per heavy atom.